The summed E-state index contributed by atoms with van der Waals surface area (Å²) in [5, 5.41) is 0. The quantitative estimate of drug-likeness (QED) is 0.781. The minimum Gasteiger partial charge on any atom is -0.376 e. The van der Waals surface area contributed by atoms with Gasteiger partial charge in [0.2, 0.25) is 0 Å². The summed E-state index contributed by atoms with van der Waals surface area (Å²) in [5.74, 6) is 0.0384. The maximum atomic E-state index is 11.7. The Kier molecular flexibility index (Phi) is 5.16. The molecule has 1 saturated heterocycles. The van der Waals surface area contributed by atoms with E-state index in [1.165, 1.54) is 17.8 Å². The molecule has 2 rings (SSSR count). The van der Waals surface area contributed by atoms with Crippen LogP contribution in [0.25, 0.3) is 0 Å². The number of halogens is 1. The molecule has 1 atom stereocenters. The van der Waals surface area contributed by atoms with Crippen LogP contribution in [-0.4, -0.2) is 31.7 Å². The van der Waals surface area contributed by atoms with E-state index in [-0.39, 0.29) is 18.5 Å². The molecule has 1 aromatic rings. The first-order chi connectivity index (χ1) is 8.25. The van der Waals surface area contributed by atoms with E-state index in [0.717, 1.165) is 28.1 Å². The van der Waals surface area contributed by atoms with Crippen molar-refractivity contribution in [2.45, 2.75) is 25.4 Å². The number of carbonyl (C=O) groups is 1. The molecule has 1 fully saturated rings. The topological polar surface area (TPSA) is 35.5 Å². The smallest absolute Gasteiger partial charge is 0.198 e. The van der Waals surface area contributed by atoms with Crippen molar-refractivity contribution in [3.63, 3.8) is 0 Å². The molecular weight excluding hydrogens is 304 g/mol. The highest BCUT2D eigenvalue weighted by atomic mass is 79.9. The van der Waals surface area contributed by atoms with E-state index < -0.39 is 0 Å². The lowest BCUT2D eigenvalue weighted by atomic mass is 10.1. The molecular formula is C12H15BrO3S. The molecule has 0 saturated carbocycles. The Labute approximate surface area is 113 Å². The van der Waals surface area contributed by atoms with Crippen molar-refractivity contribution in [1.29, 1.82) is 0 Å². The first kappa shape index (κ1) is 13.2. The normalized spacial score (nSPS) is 20.4. The maximum Gasteiger partial charge on any atom is 0.198 e. The summed E-state index contributed by atoms with van der Waals surface area (Å²) in [7, 11) is 0. The predicted octanol–water partition coefficient (Wildman–Crippen LogP) is 3.28. The minimum absolute atomic E-state index is 0.0384. The largest absolute Gasteiger partial charge is 0.376 e. The lowest BCUT2D eigenvalue weighted by molar-refractivity contribution is -0.0370. The van der Waals surface area contributed by atoms with Gasteiger partial charge in [-0.05, 0) is 47.3 Å². The molecule has 1 unspecified atom stereocenters. The zero-order valence-corrected chi connectivity index (χ0v) is 11.9. The molecule has 0 aliphatic carbocycles. The zero-order valence-electron chi connectivity index (χ0n) is 9.49. The number of carbonyl (C=O) groups excluding carboxylic acids is 1. The van der Waals surface area contributed by atoms with E-state index in [9.17, 15) is 4.79 Å². The molecule has 2 heterocycles. The van der Waals surface area contributed by atoms with Crippen LogP contribution in [0.15, 0.2) is 15.9 Å². The number of Topliss-reactive ketones (excluding diaryl/α,β-unsaturated/α-hetero) is 1. The highest BCUT2D eigenvalue weighted by molar-refractivity contribution is 9.11. The van der Waals surface area contributed by atoms with E-state index in [1.807, 2.05) is 12.1 Å². The number of ether oxygens (including phenoxy) is 2. The lowest BCUT2D eigenvalue weighted by Gasteiger charge is -2.22. The van der Waals surface area contributed by atoms with Crippen LogP contribution in [0.5, 0.6) is 0 Å². The van der Waals surface area contributed by atoms with Crippen LogP contribution in [0.1, 0.15) is 28.9 Å². The lowest BCUT2D eigenvalue weighted by Crippen LogP contribution is -2.25. The number of thiophene rings is 1. The number of hydrogen-bond donors (Lipinski definition) is 0. The fourth-order valence-electron chi connectivity index (χ4n) is 1.76. The van der Waals surface area contributed by atoms with Gasteiger partial charge in [0.25, 0.3) is 0 Å². The first-order valence-electron chi connectivity index (χ1n) is 5.73. The van der Waals surface area contributed by atoms with Crippen molar-refractivity contribution < 1.29 is 14.3 Å². The fraction of sp³-hybridized carbons (Fsp3) is 0.583. The van der Waals surface area contributed by atoms with Crippen LogP contribution < -0.4 is 0 Å². The molecule has 0 bridgehead atoms. The third-order valence-corrected chi connectivity index (χ3v) is 4.32. The number of ketones is 1. The summed E-state index contributed by atoms with van der Waals surface area (Å²) in [5.41, 5.74) is 0. The molecule has 5 heteroatoms. The average Bonchev–Trinajstić information content (AvgIpc) is 2.77. The second-order valence-electron chi connectivity index (χ2n) is 4.03. The molecule has 0 N–H and O–H groups in total. The van der Waals surface area contributed by atoms with Gasteiger partial charge in [0.05, 0.1) is 21.4 Å². The second kappa shape index (κ2) is 6.64. The molecule has 1 aliphatic rings. The van der Waals surface area contributed by atoms with Crippen molar-refractivity contribution in [2.24, 2.45) is 0 Å². The van der Waals surface area contributed by atoms with Crippen LogP contribution in [0.2, 0.25) is 0 Å². The molecule has 0 aromatic carbocycles. The maximum absolute atomic E-state index is 11.7. The Hall–Kier alpha value is -0.230. The second-order valence-corrected chi connectivity index (χ2v) is 6.49. The van der Waals surface area contributed by atoms with Gasteiger partial charge >= 0.3 is 0 Å². The van der Waals surface area contributed by atoms with Crippen LogP contribution >= 0.6 is 27.3 Å². The SMILES string of the molecule is O=C(COCC1CCCCO1)c1ccc(Br)s1. The Morgan fingerprint density at radius 2 is 2.41 bits per heavy atom. The van der Waals surface area contributed by atoms with E-state index >= 15 is 0 Å². The number of rotatable bonds is 5. The van der Waals surface area contributed by atoms with Crippen molar-refractivity contribution in [3.8, 4) is 0 Å². The first-order valence-corrected chi connectivity index (χ1v) is 7.34. The molecule has 17 heavy (non-hydrogen) atoms. The Bertz CT molecular complexity index is 372. The van der Waals surface area contributed by atoms with Gasteiger partial charge in [-0.1, -0.05) is 0 Å². The Balaban J connectivity index is 1.69. The van der Waals surface area contributed by atoms with E-state index in [4.69, 9.17) is 9.47 Å². The molecule has 0 spiro atoms. The van der Waals surface area contributed by atoms with Crippen LogP contribution in [-0.2, 0) is 9.47 Å². The molecule has 94 valence electrons. The van der Waals surface area contributed by atoms with E-state index in [1.54, 1.807) is 0 Å². The van der Waals surface area contributed by atoms with Gasteiger partial charge in [-0.15, -0.1) is 11.3 Å². The summed E-state index contributed by atoms with van der Waals surface area (Å²) < 4.78 is 11.9. The van der Waals surface area contributed by atoms with Gasteiger partial charge < -0.3 is 9.47 Å². The van der Waals surface area contributed by atoms with Crippen molar-refractivity contribution in [2.75, 3.05) is 19.8 Å². The monoisotopic (exact) mass is 318 g/mol. The summed E-state index contributed by atoms with van der Waals surface area (Å²) in [6.07, 6.45) is 3.55. The third-order valence-electron chi connectivity index (χ3n) is 2.66. The van der Waals surface area contributed by atoms with Gasteiger partial charge in [-0.25, -0.2) is 0 Å². The summed E-state index contributed by atoms with van der Waals surface area (Å²) in [4.78, 5) is 12.5. The van der Waals surface area contributed by atoms with Gasteiger partial charge in [0.1, 0.15) is 6.61 Å². The van der Waals surface area contributed by atoms with Crippen molar-refractivity contribution in [1.82, 2.24) is 0 Å². The zero-order chi connectivity index (χ0) is 12.1. The summed E-state index contributed by atoms with van der Waals surface area (Å²) in [6.45, 7) is 1.49. The molecule has 1 aromatic heterocycles. The highest BCUT2D eigenvalue weighted by Gasteiger charge is 2.15. The third kappa shape index (κ3) is 4.17. The summed E-state index contributed by atoms with van der Waals surface area (Å²) >= 11 is 4.77. The van der Waals surface area contributed by atoms with Gasteiger partial charge in [-0.3, -0.25) is 4.79 Å². The predicted molar refractivity (Wildman–Crippen MR) is 70.8 cm³/mol. The fourth-order valence-corrected chi connectivity index (χ4v) is 3.07. The molecule has 0 amide bonds. The van der Waals surface area contributed by atoms with Gasteiger partial charge in [-0.2, -0.15) is 0 Å². The molecule has 0 radical (unpaired) electrons. The standard InChI is InChI=1S/C12H15BrO3S/c13-12-5-4-11(17-12)10(14)8-15-7-9-3-1-2-6-16-9/h4-5,9H,1-3,6-8H2. The van der Waals surface area contributed by atoms with Crippen molar-refractivity contribution >= 4 is 33.0 Å². The van der Waals surface area contributed by atoms with Crippen LogP contribution in [0.3, 0.4) is 0 Å². The van der Waals surface area contributed by atoms with E-state index in [0.29, 0.717) is 6.61 Å². The van der Waals surface area contributed by atoms with Gasteiger partial charge in [0.15, 0.2) is 5.78 Å². The average molecular weight is 319 g/mol. The summed E-state index contributed by atoms with van der Waals surface area (Å²) in [6, 6.07) is 3.69. The minimum atomic E-state index is 0.0384. The number of hydrogen-bond acceptors (Lipinski definition) is 4. The molecule has 1 aliphatic heterocycles. The van der Waals surface area contributed by atoms with Crippen LogP contribution in [0, 0.1) is 0 Å². The van der Waals surface area contributed by atoms with Gasteiger partial charge in [0, 0.05) is 6.61 Å². The molecule has 3 nitrogen and oxygen atoms in total. The highest BCUT2D eigenvalue weighted by Crippen LogP contribution is 2.22. The Morgan fingerprint density at radius 1 is 1.53 bits per heavy atom. The van der Waals surface area contributed by atoms with Crippen molar-refractivity contribution in [3.05, 3.63) is 20.8 Å². The van der Waals surface area contributed by atoms with E-state index in [2.05, 4.69) is 15.9 Å². The Morgan fingerprint density at radius 3 is 3.06 bits per heavy atom. The van der Waals surface area contributed by atoms with Crippen LogP contribution in [0.4, 0.5) is 0 Å².